The lowest BCUT2D eigenvalue weighted by molar-refractivity contribution is -0.148. The van der Waals surface area contributed by atoms with Crippen molar-refractivity contribution in [3.8, 4) is 0 Å². The van der Waals surface area contributed by atoms with Crippen molar-refractivity contribution in [1.29, 1.82) is 0 Å². The minimum absolute atomic E-state index is 0.0276. The van der Waals surface area contributed by atoms with Crippen LogP contribution >= 0.6 is 0 Å². The molecule has 0 N–H and O–H groups in total. The fourth-order valence-corrected chi connectivity index (χ4v) is 2.82. The van der Waals surface area contributed by atoms with Crippen molar-refractivity contribution < 1.29 is 9.53 Å². The zero-order valence-corrected chi connectivity index (χ0v) is 11.0. The molecule has 3 nitrogen and oxygen atoms in total. The second-order valence-electron chi connectivity index (χ2n) is 5.23. The van der Waals surface area contributed by atoms with E-state index in [1.54, 1.807) is 0 Å². The molecule has 0 bridgehead atoms. The van der Waals surface area contributed by atoms with Gasteiger partial charge in [-0.25, -0.2) is 0 Å². The van der Waals surface area contributed by atoms with E-state index in [0.29, 0.717) is 11.8 Å². The fourth-order valence-electron chi connectivity index (χ4n) is 2.82. The third-order valence-corrected chi connectivity index (χ3v) is 3.37. The van der Waals surface area contributed by atoms with Crippen molar-refractivity contribution in [3.63, 3.8) is 0 Å². The van der Waals surface area contributed by atoms with Crippen LogP contribution in [-0.4, -0.2) is 37.1 Å². The molecule has 1 heterocycles. The Morgan fingerprint density at radius 3 is 2.38 bits per heavy atom. The van der Waals surface area contributed by atoms with Gasteiger partial charge in [-0.15, -0.1) is 0 Å². The predicted octanol–water partition coefficient (Wildman–Crippen LogP) is 2.31. The minimum atomic E-state index is -0.0665. The molecule has 0 aliphatic carbocycles. The summed E-state index contributed by atoms with van der Waals surface area (Å²) in [6.45, 7) is 8.72. The van der Waals surface area contributed by atoms with Crippen LogP contribution in [0.2, 0.25) is 0 Å². The minimum Gasteiger partial charge on any atom is -0.468 e. The van der Waals surface area contributed by atoms with Gasteiger partial charge in [0.05, 0.1) is 7.11 Å². The molecular weight excluding hydrogens is 202 g/mol. The number of likely N-dealkylation sites (tertiary alicyclic amines) is 1. The molecule has 0 saturated carbocycles. The molecule has 3 heteroatoms. The van der Waals surface area contributed by atoms with E-state index in [2.05, 4.69) is 25.7 Å². The Morgan fingerprint density at radius 1 is 1.38 bits per heavy atom. The number of methoxy groups -OCH3 is 1. The number of rotatable bonds is 4. The van der Waals surface area contributed by atoms with Gasteiger partial charge in [0.15, 0.2) is 0 Å². The summed E-state index contributed by atoms with van der Waals surface area (Å²) in [6.07, 6.45) is 3.21. The largest absolute Gasteiger partial charge is 0.468 e. The van der Waals surface area contributed by atoms with E-state index in [4.69, 9.17) is 4.74 Å². The van der Waals surface area contributed by atoms with E-state index in [0.717, 1.165) is 25.9 Å². The topological polar surface area (TPSA) is 29.5 Å². The number of hydrogen-bond acceptors (Lipinski definition) is 3. The summed E-state index contributed by atoms with van der Waals surface area (Å²) in [5.74, 6) is 1.31. The molecule has 0 aromatic rings. The van der Waals surface area contributed by atoms with Crippen molar-refractivity contribution in [3.05, 3.63) is 0 Å². The van der Waals surface area contributed by atoms with Crippen molar-refractivity contribution in [1.82, 2.24) is 4.90 Å². The summed E-state index contributed by atoms with van der Waals surface area (Å²) < 4.78 is 4.91. The fraction of sp³-hybridized carbons (Fsp3) is 0.923. The van der Waals surface area contributed by atoms with E-state index in [1.807, 2.05) is 0 Å². The van der Waals surface area contributed by atoms with Crippen LogP contribution in [0.15, 0.2) is 0 Å². The normalized spacial score (nSPS) is 28.8. The molecule has 0 radical (unpaired) electrons. The maximum Gasteiger partial charge on any atom is 0.323 e. The van der Waals surface area contributed by atoms with Gasteiger partial charge in [0.2, 0.25) is 0 Å². The lowest BCUT2D eigenvalue weighted by atomic mass is 9.90. The highest BCUT2D eigenvalue weighted by Crippen LogP contribution is 2.24. The summed E-state index contributed by atoms with van der Waals surface area (Å²) in [5, 5.41) is 0. The monoisotopic (exact) mass is 227 g/mol. The Kier molecular flexibility index (Phi) is 5.26. The third-order valence-electron chi connectivity index (χ3n) is 3.37. The van der Waals surface area contributed by atoms with Crippen LogP contribution < -0.4 is 0 Å². The Hall–Kier alpha value is -0.570. The summed E-state index contributed by atoms with van der Waals surface area (Å²) >= 11 is 0. The van der Waals surface area contributed by atoms with E-state index in [1.165, 1.54) is 13.5 Å². The first-order valence-corrected chi connectivity index (χ1v) is 6.40. The molecule has 0 amide bonds. The van der Waals surface area contributed by atoms with Gasteiger partial charge in [-0.1, -0.05) is 27.2 Å². The summed E-state index contributed by atoms with van der Waals surface area (Å²) in [4.78, 5) is 14.1. The Balaban J connectivity index is 2.65. The summed E-state index contributed by atoms with van der Waals surface area (Å²) in [5.41, 5.74) is 0. The van der Waals surface area contributed by atoms with Crippen LogP contribution in [0.1, 0.15) is 40.0 Å². The van der Waals surface area contributed by atoms with Crippen molar-refractivity contribution >= 4 is 5.97 Å². The average Bonchev–Trinajstić information content (AvgIpc) is 2.23. The van der Waals surface area contributed by atoms with Gasteiger partial charge in [0.25, 0.3) is 0 Å². The van der Waals surface area contributed by atoms with Gasteiger partial charge in [-0.3, -0.25) is 9.69 Å². The highest BCUT2D eigenvalue weighted by Gasteiger charge is 2.31. The number of esters is 1. The second-order valence-corrected chi connectivity index (χ2v) is 5.23. The molecule has 3 atom stereocenters. The van der Waals surface area contributed by atoms with Crippen LogP contribution in [0.3, 0.4) is 0 Å². The molecule has 16 heavy (non-hydrogen) atoms. The first-order chi connectivity index (χ1) is 7.58. The molecule has 1 rings (SSSR count). The van der Waals surface area contributed by atoms with Crippen LogP contribution in [0.25, 0.3) is 0 Å². The maximum absolute atomic E-state index is 11.8. The van der Waals surface area contributed by atoms with Gasteiger partial charge >= 0.3 is 5.97 Å². The van der Waals surface area contributed by atoms with E-state index in [9.17, 15) is 4.79 Å². The third kappa shape index (κ3) is 3.48. The first kappa shape index (κ1) is 13.5. The SMILES string of the molecule is CCC[C@H](C(=O)OC)N1C[C@@H](C)C[C@H](C)C1. The van der Waals surface area contributed by atoms with E-state index < -0.39 is 0 Å². The quantitative estimate of drug-likeness (QED) is 0.690. The van der Waals surface area contributed by atoms with Gasteiger partial charge in [0, 0.05) is 13.1 Å². The van der Waals surface area contributed by atoms with Crippen LogP contribution in [0.4, 0.5) is 0 Å². The molecule has 0 unspecified atom stereocenters. The van der Waals surface area contributed by atoms with Crippen LogP contribution in [0, 0.1) is 11.8 Å². The number of hydrogen-bond donors (Lipinski definition) is 0. The summed E-state index contributed by atoms with van der Waals surface area (Å²) in [6, 6.07) is -0.0276. The predicted molar refractivity (Wildman–Crippen MR) is 65.2 cm³/mol. The molecule has 0 spiro atoms. The van der Waals surface area contributed by atoms with Crippen LogP contribution in [0.5, 0.6) is 0 Å². The summed E-state index contributed by atoms with van der Waals surface area (Å²) in [7, 11) is 1.49. The number of piperidine rings is 1. The lowest BCUT2D eigenvalue weighted by Gasteiger charge is -2.38. The molecule has 1 fully saturated rings. The standard InChI is InChI=1S/C13H25NO2/c1-5-6-12(13(15)16-4)14-8-10(2)7-11(3)9-14/h10-12H,5-9H2,1-4H3/t10-,11-,12+/m0/s1. The highest BCUT2D eigenvalue weighted by atomic mass is 16.5. The zero-order chi connectivity index (χ0) is 12.1. The maximum atomic E-state index is 11.8. The average molecular weight is 227 g/mol. The highest BCUT2D eigenvalue weighted by molar-refractivity contribution is 5.75. The smallest absolute Gasteiger partial charge is 0.323 e. The van der Waals surface area contributed by atoms with Crippen molar-refractivity contribution in [2.45, 2.75) is 46.1 Å². The first-order valence-electron chi connectivity index (χ1n) is 6.40. The van der Waals surface area contributed by atoms with Crippen molar-refractivity contribution in [2.24, 2.45) is 11.8 Å². The van der Waals surface area contributed by atoms with Gasteiger partial charge < -0.3 is 4.74 Å². The van der Waals surface area contributed by atoms with Gasteiger partial charge in [0.1, 0.15) is 6.04 Å². The lowest BCUT2D eigenvalue weighted by Crippen LogP contribution is -2.48. The number of nitrogens with zero attached hydrogens (tertiary/aromatic N) is 1. The molecule has 0 aromatic carbocycles. The van der Waals surface area contributed by atoms with Gasteiger partial charge in [-0.05, 0) is 24.7 Å². The number of ether oxygens (including phenoxy) is 1. The Bertz CT molecular complexity index is 220. The van der Waals surface area contributed by atoms with E-state index in [-0.39, 0.29) is 12.0 Å². The molecular formula is C13H25NO2. The molecule has 1 saturated heterocycles. The van der Waals surface area contributed by atoms with Crippen molar-refractivity contribution in [2.75, 3.05) is 20.2 Å². The Morgan fingerprint density at radius 2 is 1.94 bits per heavy atom. The van der Waals surface area contributed by atoms with Gasteiger partial charge in [-0.2, -0.15) is 0 Å². The number of carbonyl (C=O) groups is 1. The zero-order valence-electron chi connectivity index (χ0n) is 11.0. The second kappa shape index (κ2) is 6.24. The molecule has 1 aliphatic heterocycles. The number of carbonyl (C=O) groups excluding carboxylic acids is 1. The van der Waals surface area contributed by atoms with Crippen LogP contribution in [-0.2, 0) is 9.53 Å². The molecule has 94 valence electrons. The molecule has 0 aromatic heterocycles. The van der Waals surface area contributed by atoms with E-state index >= 15 is 0 Å². The Labute approximate surface area is 99.1 Å². The molecule has 1 aliphatic rings.